The second-order valence-electron chi connectivity index (χ2n) is 14.2. The summed E-state index contributed by atoms with van der Waals surface area (Å²) in [4.78, 5) is 0. The molecule has 0 spiro atoms. The SMILES string of the molecule is C(=C\c1ccc2cc(-c3ccc4ccccc4c3)cc(-c3ccccc3)c2c1)/c1ccc2cc(-c3ccc4ccccc4c3)cc(-c3ccccc3)c2c1. The molecule has 0 bridgehead atoms. The van der Waals surface area contributed by atoms with Crippen LogP contribution in [-0.4, -0.2) is 0 Å². The number of rotatable bonds is 6. The van der Waals surface area contributed by atoms with Gasteiger partial charge in [0.25, 0.3) is 0 Å². The van der Waals surface area contributed by atoms with E-state index >= 15 is 0 Å². The van der Waals surface area contributed by atoms with Crippen molar-refractivity contribution in [2.45, 2.75) is 0 Å². The molecule has 0 unspecified atom stereocenters. The maximum atomic E-state index is 2.36. The van der Waals surface area contributed by atoms with Crippen LogP contribution in [0.2, 0.25) is 0 Å². The zero-order chi connectivity index (χ0) is 35.8. The van der Waals surface area contributed by atoms with E-state index in [1.807, 2.05) is 0 Å². The van der Waals surface area contributed by atoms with Crippen molar-refractivity contribution in [3.63, 3.8) is 0 Å². The second kappa shape index (κ2) is 13.5. The van der Waals surface area contributed by atoms with Crippen LogP contribution in [0.3, 0.4) is 0 Å². The zero-order valence-electron chi connectivity index (χ0n) is 29.8. The lowest BCUT2D eigenvalue weighted by Crippen LogP contribution is -1.87. The Morgan fingerprint density at radius 1 is 0.222 bits per heavy atom. The third kappa shape index (κ3) is 6.04. The van der Waals surface area contributed by atoms with Gasteiger partial charge in [0.15, 0.2) is 0 Å². The summed E-state index contributed by atoms with van der Waals surface area (Å²) in [5, 5.41) is 10.00. The fourth-order valence-electron chi connectivity index (χ4n) is 7.93. The van der Waals surface area contributed by atoms with Gasteiger partial charge in [-0.25, -0.2) is 0 Å². The summed E-state index contributed by atoms with van der Waals surface area (Å²) in [5.74, 6) is 0. The van der Waals surface area contributed by atoms with E-state index in [9.17, 15) is 0 Å². The molecule has 10 aromatic carbocycles. The molecule has 0 radical (unpaired) electrons. The average Bonchev–Trinajstić information content (AvgIpc) is 3.25. The molecule has 0 aromatic heterocycles. The van der Waals surface area contributed by atoms with Gasteiger partial charge in [-0.1, -0.05) is 170 Å². The van der Waals surface area contributed by atoms with Crippen LogP contribution < -0.4 is 0 Å². The molecule has 0 aliphatic heterocycles. The Hall–Kier alpha value is -7.02. The van der Waals surface area contributed by atoms with Gasteiger partial charge >= 0.3 is 0 Å². The summed E-state index contributed by atoms with van der Waals surface area (Å²) in [5.41, 5.74) is 12.2. The minimum Gasteiger partial charge on any atom is -0.0622 e. The van der Waals surface area contributed by atoms with E-state index in [0.717, 1.165) is 0 Å². The van der Waals surface area contributed by atoms with Crippen molar-refractivity contribution in [3.05, 3.63) is 217 Å². The normalized spacial score (nSPS) is 11.6. The summed E-state index contributed by atoms with van der Waals surface area (Å²) in [6.45, 7) is 0. The van der Waals surface area contributed by atoms with E-state index in [1.165, 1.54) is 98.7 Å². The van der Waals surface area contributed by atoms with Crippen molar-refractivity contribution in [2.75, 3.05) is 0 Å². The molecule has 0 saturated heterocycles. The number of hydrogen-bond acceptors (Lipinski definition) is 0. The Labute approximate surface area is 315 Å². The molecule has 0 N–H and O–H groups in total. The minimum atomic E-state index is 1.17. The molecule has 0 aliphatic rings. The molecule has 0 heterocycles. The van der Waals surface area contributed by atoms with Crippen LogP contribution in [0.25, 0.3) is 99.7 Å². The second-order valence-corrected chi connectivity index (χ2v) is 14.2. The van der Waals surface area contributed by atoms with E-state index in [-0.39, 0.29) is 0 Å². The largest absolute Gasteiger partial charge is 0.0622 e. The van der Waals surface area contributed by atoms with Crippen molar-refractivity contribution in [2.24, 2.45) is 0 Å². The monoisotopic (exact) mass is 684 g/mol. The summed E-state index contributed by atoms with van der Waals surface area (Å²) < 4.78 is 0. The third-order valence-electron chi connectivity index (χ3n) is 10.8. The smallest absolute Gasteiger partial charge is 0.00990 e. The zero-order valence-corrected chi connectivity index (χ0v) is 29.8. The fraction of sp³-hybridized carbons (Fsp3) is 0. The molecule has 10 aromatic rings. The van der Waals surface area contributed by atoms with E-state index in [2.05, 4.69) is 218 Å². The van der Waals surface area contributed by atoms with Crippen LogP contribution in [0, 0.1) is 0 Å². The topological polar surface area (TPSA) is 0 Å². The van der Waals surface area contributed by atoms with Gasteiger partial charge in [0.1, 0.15) is 0 Å². The highest BCUT2D eigenvalue weighted by molar-refractivity contribution is 6.04. The quantitative estimate of drug-likeness (QED) is 0.153. The Balaban J connectivity index is 1.04. The van der Waals surface area contributed by atoms with Gasteiger partial charge in [0.2, 0.25) is 0 Å². The van der Waals surface area contributed by atoms with Crippen LogP contribution in [0.4, 0.5) is 0 Å². The standard InChI is InChI=1S/C54H36/c1-3-13-41(14-4-1)53-35-49(45-27-25-39-11-7-9-17-43(39)31-45)33-47-23-21-37(29-51(47)53)19-20-38-22-24-48-34-50(46-28-26-40-12-8-10-18-44(40)32-46)36-54(52(48)30-38)42-15-5-2-6-16-42/h1-36H/b20-19+. The van der Waals surface area contributed by atoms with Crippen molar-refractivity contribution >= 4 is 55.2 Å². The van der Waals surface area contributed by atoms with Crippen LogP contribution in [0.5, 0.6) is 0 Å². The Bertz CT molecular complexity index is 2810. The molecule has 0 atom stereocenters. The summed E-state index contributed by atoms with van der Waals surface area (Å²) >= 11 is 0. The van der Waals surface area contributed by atoms with Crippen molar-refractivity contribution < 1.29 is 0 Å². The Kier molecular flexibility index (Phi) is 7.93. The maximum absolute atomic E-state index is 2.36. The molecule has 0 fully saturated rings. The molecular weight excluding hydrogens is 649 g/mol. The summed E-state index contributed by atoms with van der Waals surface area (Å²) in [6, 6.07) is 75.3. The molecule has 252 valence electrons. The first-order chi connectivity index (χ1) is 26.7. The maximum Gasteiger partial charge on any atom is -0.00990 e. The highest BCUT2D eigenvalue weighted by Gasteiger charge is 2.12. The predicted molar refractivity (Wildman–Crippen MR) is 234 cm³/mol. The molecule has 0 nitrogen and oxygen atoms in total. The van der Waals surface area contributed by atoms with E-state index in [4.69, 9.17) is 0 Å². The van der Waals surface area contributed by atoms with E-state index in [0.29, 0.717) is 0 Å². The van der Waals surface area contributed by atoms with Gasteiger partial charge in [-0.2, -0.15) is 0 Å². The lowest BCUT2D eigenvalue weighted by Gasteiger charge is -2.13. The highest BCUT2D eigenvalue weighted by atomic mass is 14.2. The molecule has 0 saturated carbocycles. The molecule has 0 heteroatoms. The first-order valence-corrected chi connectivity index (χ1v) is 18.6. The van der Waals surface area contributed by atoms with Gasteiger partial charge in [-0.05, 0) is 147 Å². The molecule has 54 heavy (non-hydrogen) atoms. The number of benzene rings is 10. The molecular formula is C54H36. The molecule has 0 amide bonds. The van der Waals surface area contributed by atoms with E-state index < -0.39 is 0 Å². The van der Waals surface area contributed by atoms with Gasteiger partial charge < -0.3 is 0 Å². The highest BCUT2D eigenvalue weighted by Crippen LogP contribution is 2.38. The van der Waals surface area contributed by atoms with Gasteiger partial charge in [0, 0.05) is 0 Å². The first kappa shape index (κ1) is 31.7. The van der Waals surface area contributed by atoms with E-state index in [1.54, 1.807) is 0 Å². The van der Waals surface area contributed by atoms with Crippen molar-refractivity contribution in [1.29, 1.82) is 0 Å². The lowest BCUT2D eigenvalue weighted by atomic mass is 9.91. The van der Waals surface area contributed by atoms with Crippen LogP contribution in [-0.2, 0) is 0 Å². The summed E-state index contributed by atoms with van der Waals surface area (Å²) in [7, 11) is 0. The first-order valence-electron chi connectivity index (χ1n) is 18.6. The minimum absolute atomic E-state index is 1.17. The lowest BCUT2D eigenvalue weighted by molar-refractivity contribution is 1.62. The van der Waals surface area contributed by atoms with Gasteiger partial charge in [0.05, 0.1) is 0 Å². The predicted octanol–water partition coefficient (Wildman–Crippen LogP) is 15.1. The Morgan fingerprint density at radius 2 is 0.593 bits per heavy atom. The van der Waals surface area contributed by atoms with Crippen molar-refractivity contribution in [1.82, 2.24) is 0 Å². The van der Waals surface area contributed by atoms with Crippen LogP contribution >= 0.6 is 0 Å². The van der Waals surface area contributed by atoms with Gasteiger partial charge in [-0.3, -0.25) is 0 Å². The van der Waals surface area contributed by atoms with Crippen molar-refractivity contribution in [3.8, 4) is 44.5 Å². The van der Waals surface area contributed by atoms with Crippen LogP contribution in [0.1, 0.15) is 11.1 Å². The summed E-state index contributed by atoms with van der Waals surface area (Å²) in [6.07, 6.45) is 4.50. The third-order valence-corrected chi connectivity index (χ3v) is 10.8. The molecule has 0 aliphatic carbocycles. The number of hydrogen-bond donors (Lipinski definition) is 0. The van der Waals surface area contributed by atoms with Crippen LogP contribution in [0.15, 0.2) is 206 Å². The Morgan fingerprint density at radius 3 is 1.04 bits per heavy atom. The molecule has 10 rings (SSSR count). The van der Waals surface area contributed by atoms with Gasteiger partial charge in [-0.15, -0.1) is 0 Å². The number of fused-ring (bicyclic) bond motifs is 4. The fourth-order valence-corrected chi connectivity index (χ4v) is 7.93. The average molecular weight is 685 g/mol.